The molecule has 7 heteroatoms. The standard InChI is InChI=1S/C20H27N3O3S/c1-21(2)27(24,25)23-11-9-20(10-12-23)16-22(15-18-7-5-13-26-18)14-17-6-3-4-8-19(17)20/h3-8,13H,9-12,14-16H2,1-2H3. The van der Waals surface area contributed by atoms with Crippen molar-refractivity contribution in [1.29, 1.82) is 0 Å². The monoisotopic (exact) mass is 389 g/mol. The van der Waals surface area contributed by atoms with Gasteiger partial charge in [0.25, 0.3) is 10.2 Å². The summed E-state index contributed by atoms with van der Waals surface area (Å²) in [7, 11) is -0.153. The molecule has 0 amide bonds. The molecule has 0 N–H and O–H groups in total. The van der Waals surface area contributed by atoms with E-state index in [0.29, 0.717) is 13.1 Å². The van der Waals surface area contributed by atoms with Gasteiger partial charge >= 0.3 is 0 Å². The first-order valence-corrected chi connectivity index (χ1v) is 10.8. The van der Waals surface area contributed by atoms with Gasteiger partial charge in [-0.25, -0.2) is 0 Å². The van der Waals surface area contributed by atoms with E-state index in [1.165, 1.54) is 15.4 Å². The summed E-state index contributed by atoms with van der Waals surface area (Å²) in [5.41, 5.74) is 2.74. The lowest BCUT2D eigenvalue weighted by Gasteiger charge is -2.48. The van der Waals surface area contributed by atoms with Gasteiger partial charge in [0, 0.05) is 45.7 Å². The van der Waals surface area contributed by atoms with Crippen molar-refractivity contribution in [2.24, 2.45) is 0 Å². The van der Waals surface area contributed by atoms with E-state index in [-0.39, 0.29) is 5.41 Å². The van der Waals surface area contributed by atoms with Gasteiger partial charge in [-0.2, -0.15) is 17.0 Å². The van der Waals surface area contributed by atoms with Crippen LogP contribution in [0, 0.1) is 0 Å². The van der Waals surface area contributed by atoms with E-state index in [1.807, 2.05) is 12.1 Å². The van der Waals surface area contributed by atoms with Crippen LogP contribution in [0.2, 0.25) is 0 Å². The Morgan fingerprint density at radius 2 is 1.85 bits per heavy atom. The van der Waals surface area contributed by atoms with Crippen LogP contribution in [0.5, 0.6) is 0 Å². The maximum absolute atomic E-state index is 12.5. The molecule has 0 atom stereocenters. The van der Waals surface area contributed by atoms with E-state index in [9.17, 15) is 8.42 Å². The predicted octanol–water partition coefficient (Wildman–Crippen LogP) is 2.44. The number of rotatable bonds is 4. The lowest BCUT2D eigenvalue weighted by Crippen LogP contribution is -2.54. The van der Waals surface area contributed by atoms with Crippen LogP contribution in [0.15, 0.2) is 47.1 Å². The van der Waals surface area contributed by atoms with Crippen molar-refractivity contribution in [2.75, 3.05) is 33.7 Å². The summed E-state index contributed by atoms with van der Waals surface area (Å²) in [4.78, 5) is 2.43. The Balaban J connectivity index is 1.59. The van der Waals surface area contributed by atoms with Crippen molar-refractivity contribution in [3.05, 3.63) is 59.5 Å². The van der Waals surface area contributed by atoms with Gasteiger partial charge in [-0.15, -0.1) is 0 Å². The van der Waals surface area contributed by atoms with Crippen molar-refractivity contribution in [3.63, 3.8) is 0 Å². The fourth-order valence-corrected chi connectivity index (χ4v) is 5.63. The van der Waals surface area contributed by atoms with E-state index >= 15 is 0 Å². The molecule has 2 aliphatic rings. The fourth-order valence-electron chi connectivity index (χ4n) is 4.52. The van der Waals surface area contributed by atoms with Crippen LogP contribution < -0.4 is 0 Å². The van der Waals surface area contributed by atoms with Crippen LogP contribution >= 0.6 is 0 Å². The van der Waals surface area contributed by atoms with Crippen LogP contribution in [0.25, 0.3) is 0 Å². The highest BCUT2D eigenvalue weighted by molar-refractivity contribution is 7.86. The Morgan fingerprint density at radius 1 is 1.11 bits per heavy atom. The van der Waals surface area contributed by atoms with E-state index in [2.05, 4.69) is 29.2 Å². The second kappa shape index (κ2) is 7.05. The SMILES string of the molecule is CN(C)S(=O)(=O)N1CCC2(CC1)CN(Cc1ccco1)Cc1ccccc12. The van der Waals surface area contributed by atoms with Gasteiger partial charge < -0.3 is 4.42 Å². The summed E-state index contributed by atoms with van der Waals surface area (Å²) >= 11 is 0. The molecule has 4 rings (SSSR count). The predicted molar refractivity (Wildman–Crippen MR) is 104 cm³/mol. The number of nitrogens with zero attached hydrogens (tertiary/aromatic N) is 3. The number of fused-ring (bicyclic) bond motifs is 2. The minimum absolute atomic E-state index is 0.000229. The third-order valence-electron chi connectivity index (χ3n) is 5.94. The number of benzene rings is 1. The zero-order chi connectivity index (χ0) is 19.1. The Bertz CT molecular complexity index is 885. The van der Waals surface area contributed by atoms with Crippen molar-refractivity contribution in [3.8, 4) is 0 Å². The summed E-state index contributed by atoms with van der Waals surface area (Å²) in [6, 6.07) is 12.6. The molecule has 1 spiro atoms. The van der Waals surface area contributed by atoms with Crippen LogP contribution in [0.1, 0.15) is 29.7 Å². The van der Waals surface area contributed by atoms with E-state index in [0.717, 1.165) is 38.2 Å². The molecule has 0 bridgehead atoms. The Morgan fingerprint density at radius 3 is 2.52 bits per heavy atom. The molecular formula is C20H27N3O3S. The summed E-state index contributed by atoms with van der Waals surface area (Å²) < 4.78 is 33.5. The third kappa shape index (κ3) is 3.45. The van der Waals surface area contributed by atoms with Crippen LogP contribution in [0.3, 0.4) is 0 Å². The van der Waals surface area contributed by atoms with Crippen molar-refractivity contribution in [2.45, 2.75) is 31.3 Å². The molecule has 2 aromatic rings. The topological polar surface area (TPSA) is 57.0 Å². The quantitative estimate of drug-likeness (QED) is 0.806. The average molecular weight is 390 g/mol. The second-order valence-electron chi connectivity index (χ2n) is 7.85. The zero-order valence-electron chi connectivity index (χ0n) is 16.0. The van der Waals surface area contributed by atoms with Gasteiger partial charge in [0.15, 0.2) is 0 Å². The summed E-state index contributed by atoms with van der Waals surface area (Å²) in [5, 5.41) is 0. The normalized spacial score (nSPS) is 20.9. The van der Waals surface area contributed by atoms with Crippen molar-refractivity contribution >= 4 is 10.2 Å². The number of piperidine rings is 1. The molecule has 6 nitrogen and oxygen atoms in total. The molecule has 2 aliphatic heterocycles. The molecule has 0 saturated carbocycles. The fraction of sp³-hybridized carbons (Fsp3) is 0.500. The molecular weight excluding hydrogens is 362 g/mol. The molecule has 1 aromatic heterocycles. The first-order chi connectivity index (χ1) is 12.9. The maximum Gasteiger partial charge on any atom is 0.281 e. The molecule has 3 heterocycles. The lowest BCUT2D eigenvalue weighted by molar-refractivity contribution is 0.114. The van der Waals surface area contributed by atoms with Gasteiger partial charge in [-0.3, -0.25) is 4.90 Å². The minimum Gasteiger partial charge on any atom is -0.468 e. The summed E-state index contributed by atoms with van der Waals surface area (Å²) in [6.07, 6.45) is 3.39. The van der Waals surface area contributed by atoms with Crippen molar-refractivity contribution < 1.29 is 12.8 Å². The lowest BCUT2D eigenvalue weighted by atomic mass is 9.69. The van der Waals surface area contributed by atoms with Crippen LogP contribution in [-0.4, -0.2) is 55.7 Å². The van der Waals surface area contributed by atoms with E-state index in [4.69, 9.17) is 4.42 Å². The largest absolute Gasteiger partial charge is 0.468 e. The molecule has 0 aliphatic carbocycles. The molecule has 146 valence electrons. The molecule has 1 fully saturated rings. The summed E-state index contributed by atoms with van der Waals surface area (Å²) in [5.74, 6) is 0.970. The highest BCUT2D eigenvalue weighted by Crippen LogP contribution is 2.42. The molecule has 1 saturated heterocycles. The Labute approximate surface area is 161 Å². The molecule has 0 radical (unpaired) electrons. The van der Waals surface area contributed by atoms with E-state index in [1.54, 1.807) is 24.7 Å². The van der Waals surface area contributed by atoms with Gasteiger partial charge in [0.05, 0.1) is 12.8 Å². The highest BCUT2D eigenvalue weighted by Gasteiger charge is 2.44. The van der Waals surface area contributed by atoms with Gasteiger partial charge in [-0.05, 0) is 36.1 Å². The molecule has 27 heavy (non-hydrogen) atoms. The second-order valence-corrected chi connectivity index (χ2v) is 9.99. The first kappa shape index (κ1) is 18.7. The average Bonchev–Trinajstić information content (AvgIpc) is 3.15. The summed E-state index contributed by atoms with van der Waals surface area (Å²) in [6.45, 7) is 3.73. The van der Waals surface area contributed by atoms with Crippen LogP contribution in [0.4, 0.5) is 0 Å². The minimum atomic E-state index is -3.35. The number of hydrogen-bond acceptors (Lipinski definition) is 4. The number of hydrogen-bond donors (Lipinski definition) is 0. The molecule has 0 unspecified atom stereocenters. The first-order valence-electron chi connectivity index (χ1n) is 9.41. The Hall–Kier alpha value is -1.67. The zero-order valence-corrected chi connectivity index (χ0v) is 16.8. The van der Waals surface area contributed by atoms with Gasteiger partial charge in [0.1, 0.15) is 5.76 Å². The maximum atomic E-state index is 12.5. The molecule has 1 aromatic carbocycles. The number of furan rings is 1. The Kier molecular flexibility index (Phi) is 4.88. The van der Waals surface area contributed by atoms with E-state index < -0.39 is 10.2 Å². The van der Waals surface area contributed by atoms with Crippen LogP contribution in [-0.2, 0) is 28.7 Å². The van der Waals surface area contributed by atoms with Gasteiger partial charge in [0.2, 0.25) is 0 Å². The third-order valence-corrected chi connectivity index (χ3v) is 7.88. The van der Waals surface area contributed by atoms with Crippen molar-refractivity contribution in [1.82, 2.24) is 13.5 Å². The highest BCUT2D eigenvalue weighted by atomic mass is 32.2. The smallest absolute Gasteiger partial charge is 0.281 e. The van der Waals surface area contributed by atoms with Gasteiger partial charge in [-0.1, -0.05) is 24.3 Å².